The van der Waals surface area contributed by atoms with E-state index in [1.807, 2.05) is 58.1 Å². The molecule has 0 saturated carbocycles. The first-order chi connectivity index (χ1) is 14.1. The molecule has 1 N–H and O–H groups in total. The first-order valence-corrected chi connectivity index (χ1v) is 11.8. The molecule has 0 spiro atoms. The number of hydrogen-bond donors (Lipinski definition) is 1. The Bertz CT molecular complexity index is 1010. The Balaban J connectivity index is 1.30. The zero-order valence-electron chi connectivity index (χ0n) is 15.8. The third kappa shape index (κ3) is 4.77. The highest BCUT2D eigenvalue weighted by atomic mass is 35.5. The molecule has 2 amide bonds. The van der Waals surface area contributed by atoms with Gasteiger partial charge < -0.3 is 10.2 Å². The van der Waals surface area contributed by atoms with E-state index < -0.39 is 0 Å². The van der Waals surface area contributed by atoms with Crippen molar-refractivity contribution in [3.8, 4) is 0 Å². The Kier molecular flexibility index (Phi) is 6.43. The topological polar surface area (TPSA) is 49.4 Å². The van der Waals surface area contributed by atoms with Crippen LogP contribution in [0.25, 0.3) is 10.8 Å². The number of carbonyl (C=O) groups is 2. The van der Waals surface area contributed by atoms with Gasteiger partial charge in [0.1, 0.15) is 0 Å². The molecule has 150 valence electrons. The van der Waals surface area contributed by atoms with Gasteiger partial charge in [-0.25, -0.2) is 0 Å². The second-order valence-corrected chi connectivity index (χ2v) is 9.23. The number of nitrogens with one attached hydrogen (secondary N) is 1. The first-order valence-electron chi connectivity index (χ1n) is 9.52. The van der Waals surface area contributed by atoms with Gasteiger partial charge in [0.05, 0.1) is 5.75 Å². The molecule has 4 rings (SSSR count). The Morgan fingerprint density at radius 3 is 2.62 bits per heavy atom. The van der Waals surface area contributed by atoms with Crippen molar-refractivity contribution in [2.75, 3.05) is 18.8 Å². The second-order valence-electron chi connectivity index (χ2n) is 7.02. The number of nitrogens with zero attached hydrogens (tertiary/aromatic N) is 1. The maximum absolute atomic E-state index is 12.7. The van der Waals surface area contributed by atoms with Crippen LogP contribution in [0, 0.1) is 0 Å². The normalized spacial score (nSPS) is 14.9. The molecule has 2 heterocycles. The quantitative estimate of drug-likeness (QED) is 0.559. The molecular formula is C22H21ClN2O2S2. The summed E-state index contributed by atoms with van der Waals surface area (Å²) in [4.78, 5) is 27.8. The van der Waals surface area contributed by atoms with Crippen LogP contribution in [0.5, 0.6) is 0 Å². The largest absolute Gasteiger partial charge is 0.349 e. The monoisotopic (exact) mass is 444 g/mol. The van der Waals surface area contributed by atoms with Gasteiger partial charge in [-0.15, -0.1) is 11.8 Å². The van der Waals surface area contributed by atoms with Gasteiger partial charge in [0, 0.05) is 45.4 Å². The molecule has 29 heavy (non-hydrogen) atoms. The summed E-state index contributed by atoms with van der Waals surface area (Å²) in [5.74, 6) is 0.483. The molecule has 1 aliphatic rings. The zero-order valence-corrected chi connectivity index (χ0v) is 18.2. The van der Waals surface area contributed by atoms with Crippen LogP contribution in [-0.2, 0) is 4.79 Å². The Labute approximate surface area is 183 Å². The highest BCUT2D eigenvalue weighted by molar-refractivity contribution is 8.00. The summed E-state index contributed by atoms with van der Waals surface area (Å²) in [6.45, 7) is 1.34. The van der Waals surface area contributed by atoms with E-state index >= 15 is 0 Å². The molecule has 1 aliphatic heterocycles. The average Bonchev–Trinajstić information content (AvgIpc) is 3.28. The van der Waals surface area contributed by atoms with E-state index in [4.69, 9.17) is 11.6 Å². The molecule has 2 aromatic carbocycles. The van der Waals surface area contributed by atoms with Gasteiger partial charge in [-0.1, -0.05) is 35.9 Å². The molecule has 4 nitrogen and oxygen atoms in total. The number of rotatable bonds is 5. The number of carbonyl (C=O) groups excluding carboxylic acids is 2. The standard InChI is InChI=1S/C22H21ClN2O2S2/c23-18-5-1-3-15-4-2-6-19(21(15)18)29-14-20(26)25-10-7-17(8-11-25)24-22(27)16-9-12-28-13-16/h1-6,9,12-13,17H,7-8,10-11,14H2,(H,24,27). The Hall–Kier alpha value is -2.02. The number of piperidine rings is 1. The summed E-state index contributed by atoms with van der Waals surface area (Å²) in [5, 5.41) is 9.62. The second kappa shape index (κ2) is 9.20. The van der Waals surface area contributed by atoms with Crippen molar-refractivity contribution in [2.45, 2.75) is 23.8 Å². The molecule has 0 aliphatic carbocycles. The Morgan fingerprint density at radius 1 is 1.14 bits per heavy atom. The lowest BCUT2D eigenvalue weighted by atomic mass is 10.0. The number of thioether (sulfide) groups is 1. The number of hydrogen-bond acceptors (Lipinski definition) is 4. The van der Waals surface area contributed by atoms with Crippen LogP contribution in [0.15, 0.2) is 58.1 Å². The van der Waals surface area contributed by atoms with Crippen molar-refractivity contribution < 1.29 is 9.59 Å². The molecule has 7 heteroatoms. The van der Waals surface area contributed by atoms with Gasteiger partial charge in [0.15, 0.2) is 0 Å². The van der Waals surface area contributed by atoms with E-state index in [2.05, 4.69) is 5.32 Å². The molecular weight excluding hydrogens is 424 g/mol. The van der Waals surface area contributed by atoms with Gasteiger partial charge in [0.25, 0.3) is 5.91 Å². The highest BCUT2D eigenvalue weighted by Gasteiger charge is 2.24. The molecule has 0 bridgehead atoms. The van der Waals surface area contributed by atoms with Crippen LogP contribution in [0.1, 0.15) is 23.2 Å². The van der Waals surface area contributed by atoms with Crippen LogP contribution >= 0.6 is 34.7 Å². The number of fused-ring (bicyclic) bond motifs is 1. The SMILES string of the molecule is O=C(NC1CCN(C(=O)CSc2cccc3cccc(Cl)c23)CC1)c1ccsc1. The fourth-order valence-corrected chi connectivity index (χ4v) is 5.53. The molecule has 1 saturated heterocycles. The average molecular weight is 445 g/mol. The lowest BCUT2D eigenvalue weighted by Gasteiger charge is -2.32. The number of halogens is 1. The van der Waals surface area contributed by atoms with Crippen LogP contribution in [0.3, 0.4) is 0 Å². The Morgan fingerprint density at radius 2 is 1.90 bits per heavy atom. The predicted octanol–water partition coefficient (Wildman–Crippen LogP) is 5.07. The molecule has 0 atom stereocenters. The highest BCUT2D eigenvalue weighted by Crippen LogP contribution is 2.33. The van der Waals surface area contributed by atoms with Crippen LogP contribution in [0.4, 0.5) is 0 Å². The predicted molar refractivity (Wildman–Crippen MR) is 121 cm³/mol. The van der Waals surface area contributed by atoms with Gasteiger partial charge in [-0.05, 0) is 41.8 Å². The van der Waals surface area contributed by atoms with E-state index in [0.717, 1.165) is 28.5 Å². The third-order valence-electron chi connectivity index (χ3n) is 5.13. The van der Waals surface area contributed by atoms with Crippen molar-refractivity contribution in [3.05, 3.63) is 63.8 Å². The van der Waals surface area contributed by atoms with Gasteiger partial charge >= 0.3 is 0 Å². The molecule has 0 radical (unpaired) electrons. The van der Waals surface area contributed by atoms with Crippen molar-refractivity contribution >= 4 is 57.3 Å². The third-order valence-corrected chi connectivity index (χ3v) is 7.17. The van der Waals surface area contributed by atoms with Crippen molar-refractivity contribution in [1.82, 2.24) is 10.2 Å². The maximum atomic E-state index is 12.7. The minimum Gasteiger partial charge on any atom is -0.349 e. The van der Waals surface area contributed by atoms with E-state index in [9.17, 15) is 9.59 Å². The van der Waals surface area contributed by atoms with Gasteiger partial charge in [-0.2, -0.15) is 11.3 Å². The maximum Gasteiger partial charge on any atom is 0.252 e. The van der Waals surface area contributed by atoms with E-state index in [1.54, 1.807) is 0 Å². The molecule has 1 fully saturated rings. The number of thiophene rings is 1. The smallest absolute Gasteiger partial charge is 0.252 e. The number of likely N-dealkylation sites (tertiary alicyclic amines) is 1. The van der Waals surface area contributed by atoms with Crippen LogP contribution in [-0.4, -0.2) is 41.6 Å². The fourth-order valence-electron chi connectivity index (χ4n) is 3.55. The van der Waals surface area contributed by atoms with E-state index in [0.29, 0.717) is 29.4 Å². The molecule has 3 aromatic rings. The van der Waals surface area contributed by atoms with Gasteiger partial charge in [-0.3, -0.25) is 9.59 Å². The summed E-state index contributed by atoms with van der Waals surface area (Å²) < 4.78 is 0. The zero-order chi connectivity index (χ0) is 20.2. The lowest BCUT2D eigenvalue weighted by Crippen LogP contribution is -2.47. The summed E-state index contributed by atoms with van der Waals surface area (Å²) >= 11 is 9.42. The van der Waals surface area contributed by atoms with Crippen LogP contribution in [0.2, 0.25) is 5.02 Å². The summed E-state index contributed by atoms with van der Waals surface area (Å²) in [7, 11) is 0. The molecule has 0 unspecified atom stereocenters. The first kappa shape index (κ1) is 20.3. The lowest BCUT2D eigenvalue weighted by molar-refractivity contribution is -0.129. The van der Waals surface area contributed by atoms with Crippen LogP contribution < -0.4 is 5.32 Å². The number of amides is 2. The molecule has 1 aromatic heterocycles. The summed E-state index contributed by atoms with van der Waals surface area (Å²) in [6.07, 6.45) is 1.57. The van der Waals surface area contributed by atoms with Crippen molar-refractivity contribution in [2.24, 2.45) is 0 Å². The summed E-state index contributed by atoms with van der Waals surface area (Å²) in [5.41, 5.74) is 0.707. The summed E-state index contributed by atoms with van der Waals surface area (Å²) in [6, 6.07) is 13.8. The minimum atomic E-state index is -0.0283. The van der Waals surface area contributed by atoms with Crippen molar-refractivity contribution in [1.29, 1.82) is 0 Å². The minimum absolute atomic E-state index is 0.0283. The van der Waals surface area contributed by atoms with E-state index in [1.165, 1.54) is 23.1 Å². The van der Waals surface area contributed by atoms with Crippen molar-refractivity contribution in [3.63, 3.8) is 0 Å². The fraction of sp³-hybridized carbons (Fsp3) is 0.273. The van der Waals surface area contributed by atoms with E-state index in [-0.39, 0.29) is 17.9 Å². The van der Waals surface area contributed by atoms with Gasteiger partial charge in [0.2, 0.25) is 5.91 Å². The number of benzene rings is 2.